The van der Waals surface area contributed by atoms with Crippen LogP contribution in [0, 0.1) is 6.92 Å². The Morgan fingerprint density at radius 2 is 2.12 bits per heavy atom. The molecule has 5 nitrogen and oxygen atoms in total. The number of carbonyl (C=O) groups is 1. The zero-order chi connectivity index (χ0) is 17.9. The van der Waals surface area contributed by atoms with E-state index in [0.29, 0.717) is 12.2 Å². The summed E-state index contributed by atoms with van der Waals surface area (Å²) in [5.41, 5.74) is 5.29. The number of nitrogens with zero attached hydrogens (tertiary/aromatic N) is 2. The average molecular weight is 350 g/mol. The lowest BCUT2D eigenvalue weighted by molar-refractivity contribution is 0.0900. The molecule has 2 aliphatic rings. The Balaban J connectivity index is 1.49. The van der Waals surface area contributed by atoms with Crippen LogP contribution in [0.5, 0.6) is 0 Å². The highest BCUT2D eigenvalue weighted by Crippen LogP contribution is 2.24. The summed E-state index contributed by atoms with van der Waals surface area (Å²) >= 11 is 0. The molecule has 1 aromatic heterocycles. The van der Waals surface area contributed by atoms with Crippen molar-refractivity contribution in [2.24, 2.45) is 0 Å². The van der Waals surface area contributed by atoms with Crippen molar-refractivity contribution < 1.29 is 4.79 Å². The van der Waals surface area contributed by atoms with Crippen LogP contribution in [0.2, 0.25) is 0 Å². The molecule has 1 amide bonds. The third-order valence-electron chi connectivity index (χ3n) is 5.28. The van der Waals surface area contributed by atoms with Gasteiger partial charge < -0.3 is 5.32 Å². The van der Waals surface area contributed by atoms with Gasteiger partial charge in [-0.1, -0.05) is 41.5 Å². The third-order valence-corrected chi connectivity index (χ3v) is 5.28. The molecule has 2 N–H and O–H groups in total. The van der Waals surface area contributed by atoms with E-state index in [0.717, 1.165) is 24.2 Å². The molecule has 0 radical (unpaired) electrons. The number of aromatic nitrogens is 2. The van der Waals surface area contributed by atoms with Gasteiger partial charge in [0.25, 0.3) is 5.91 Å². The molecule has 5 heteroatoms. The van der Waals surface area contributed by atoms with Gasteiger partial charge in [-0.15, -0.1) is 0 Å². The fourth-order valence-electron chi connectivity index (χ4n) is 3.72. The SMILES string of the molecule is Cc1ccc(-c2cc3n(n2)[C@H](NCCC2=CCCCC2)CNC3=O)cc1. The summed E-state index contributed by atoms with van der Waals surface area (Å²) < 4.78 is 1.85. The molecule has 2 heterocycles. The molecule has 0 unspecified atom stereocenters. The van der Waals surface area contributed by atoms with Crippen LogP contribution >= 0.6 is 0 Å². The maximum atomic E-state index is 12.2. The number of hydrogen-bond acceptors (Lipinski definition) is 3. The van der Waals surface area contributed by atoms with E-state index in [-0.39, 0.29) is 12.1 Å². The topological polar surface area (TPSA) is 59.0 Å². The van der Waals surface area contributed by atoms with E-state index in [1.165, 1.54) is 31.2 Å². The Morgan fingerprint density at radius 1 is 1.27 bits per heavy atom. The minimum Gasteiger partial charge on any atom is -0.347 e. The second kappa shape index (κ2) is 7.46. The van der Waals surface area contributed by atoms with Crippen LogP contribution in [0.3, 0.4) is 0 Å². The normalized spacial score (nSPS) is 19.7. The van der Waals surface area contributed by atoms with Crippen molar-refractivity contribution in [1.82, 2.24) is 20.4 Å². The largest absolute Gasteiger partial charge is 0.347 e. The van der Waals surface area contributed by atoms with Gasteiger partial charge in [-0.2, -0.15) is 5.10 Å². The van der Waals surface area contributed by atoms with Gasteiger partial charge in [-0.05, 0) is 45.1 Å². The van der Waals surface area contributed by atoms with Crippen molar-refractivity contribution in [1.29, 1.82) is 0 Å². The lowest BCUT2D eigenvalue weighted by Crippen LogP contribution is -2.45. The molecule has 1 aliphatic heterocycles. The highest BCUT2D eigenvalue weighted by atomic mass is 16.2. The summed E-state index contributed by atoms with van der Waals surface area (Å²) in [6.07, 6.45) is 8.56. The fraction of sp³-hybridized carbons (Fsp3) is 0.429. The predicted molar refractivity (Wildman–Crippen MR) is 103 cm³/mol. The number of allylic oxidation sites excluding steroid dienone is 1. The van der Waals surface area contributed by atoms with Gasteiger partial charge in [0, 0.05) is 12.1 Å². The van der Waals surface area contributed by atoms with Gasteiger partial charge >= 0.3 is 0 Å². The first kappa shape index (κ1) is 17.0. The average Bonchev–Trinajstić information content (AvgIpc) is 3.11. The van der Waals surface area contributed by atoms with Gasteiger partial charge in [-0.3, -0.25) is 10.1 Å². The Hall–Kier alpha value is -2.40. The molecule has 1 atom stereocenters. The molecule has 0 spiro atoms. The van der Waals surface area contributed by atoms with Crippen LogP contribution in [0.1, 0.15) is 54.3 Å². The standard InChI is InChI=1S/C21H26N4O/c1-15-7-9-17(10-8-15)18-13-19-21(26)23-14-20(25(19)24-18)22-12-11-16-5-3-2-4-6-16/h5,7-10,13,20,22H,2-4,6,11-12,14H2,1H3,(H,23,26)/t20-/m0/s1. The second-order valence-electron chi connectivity index (χ2n) is 7.26. The molecule has 0 fully saturated rings. The Kier molecular flexibility index (Phi) is 4.89. The zero-order valence-corrected chi connectivity index (χ0v) is 15.3. The number of fused-ring (bicyclic) bond motifs is 1. The summed E-state index contributed by atoms with van der Waals surface area (Å²) in [6, 6.07) is 10.1. The summed E-state index contributed by atoms with van der Waals surface area (Å²) in [7, 11) is 0. The smallest absolute Gasteiger partial charge is 0.269 e. The summed E-state index contributed by atoms with van der Waals surface area (Å²) in [5.74, 6) is -0.0519. The van der Waals surface area contributed by atoms with E-state index in [4.69, 9.17) is 5.10 Å². The van der Waals surface area contributed by atoms with Crippen LogP contribution in [-0.4, -0.2) is 28.8 Å². The Labute approximate surface area is 154 Å². The molecule has 0 bridgehead atoms. The summed E-state index contributed by atoms with van der Waals surface area (Å²) in [6.45, 7) is 3.54. The van der Waals surface area contributed by atoms with Crippen LogP contribution in [0.4, 0.5) is 0 Å². The van der Waals surface area contributed by atoms with Crippen molar-refractivity contribution in [3.8, 4) is 11.3 Å². The lowest BCUT2D eigenvalue weighted by atomic mass is 9.97. The fourth-order valence-corrected chi connectivity index (χ4v) is 3.72. The molecule has 1 aliphatic carbocycles. The Morgan fingerprint density at radius 3 is 2.88 bits per heavy atom. The van der Waals surface area contributed by atoms with E-state index in [1.807, 2.05) is 10.7 Å². The van der Waals surface area contributed by atoms with Gasteiger partial charge in [0.05, 0.1) is 12.2 Å². The number of hydrogen-bond donors (Lipinski definition) is 2. The first-order valence-electron chi connectivity index (χ1n) is 9.57. The maximum Gasteiger partial charge on any atom is 0.269 e. The van der Waals surface area contributed by atoms with E-state index in [9.17, 15) is 4.79 Å². The number of benzene rings is 1. The van der Waals surface area contributed by atoms with Gasteiger partial charge in [-0.25, -0.2) is 4.68 Å². The molecular formula is C21H26N4O. The molecule has 0 saturated carbocycles. The minimum absolute atomic E-state index is 0.00564. The number of aryl methyl sites for hydroxylation is 1. The number of amides is 1. The summed E-state index contributed by atoms with van der Waals surface area (Å²) in [5, 5.41) is 11.3. The second-order valence-corrected chi connectivity index (χ2v) is 7.26. The maximum absolute atomic E-state index is 12.2. The van der Waals surface area contributed by atoms with E-state index in [1.54, 1.807) is 5.57 Å². The minimum atomic E-state index is -0.0519. The highest BCUT2D eigenvalue weighted by Gasteiger charge is 2.27. The molecule has 1 aromatic carbocycles. The van der Waals surface area contributed by atoms with Crippen LogP contribution < -0.4 is 10.6 Å². The van der Waals surface area contributed by atoms with Gasteiger partial charge in [0.2, 0.25) is 0 Å². The van der Waals surface area contributed by atoms with E-state index >= 15 is 0 Å². The van der Waals surface area contributed by atoms with Crippen molar-refractivity contribution in [2.75, 3.05) is 13.1 Å². The zero-order valence-electron chi connectivity index (χ0n) is 15.3. The van der Waals surface area contributed by atoms with Crippen molar-refractivity contribution in [3.63, 3.8) is 0 Å². The third kappa shape index (κ3) is 3.58. The number of carbonyl (C=O) groups excluding carboxylic acids is 1. The van der Waals surface area contributed by atoms with Crippen molar-refractivity contribution >= 4 is 5.91 Å². The molecule has 4 rings (SSSR count). The molecule has 2 aromatic rings. The van der Waals surface area contributed by atoms with Crippen molar-refractivity contribution in [3.05, 3.63) is 53.2 Å². The molecule has 26 heavy (non-hydrogen) atoms. The first-order valence-corrected chi connectivity index (χ1v) is 9.57. The number of rotatable bonds is 5. The summed E-state index contributed by atoms with van der Waals surface area (Å²) in [4.78, 5) is 12.2. The number of nitrogens with one attached hydrogen (secondary N) is 2. The van der Waals surface area contributed by atoms with Crippen molar-refractivity contribution in [2.45, 2.75) is 45.2 Å². The molecule has 0 saturated heterocycles. The Bertz CT molecular complexity index is 819. The van der Waals surface area contributed by atoms with E-state index in [2.05, 4.69) is 47.9 Å². The van der Waals surface area contributed by atoms with Crippen LogP contribution in [-0.2, 0) is 0 Å². The quantitative estimate of drug-likeness (QED) is 0.811. The van der Waals surface area contributed by atoms with Gasteiger partial charge in [0.15, 0.2) is 0 Å². The highest BCUT2D eigenvalue weighted by molar-refractivity contribution is 5.94. The first-order chi connectivity index (χ1) is 12.7. The molecule has 136 valence electrons. The monoisotopic (exact) mass is 350 g/mol. The molecular weight excluding hydrogens is 324 g/mol. The van der Waals surface area contributed by atoms with Crippen LogP contribution in [0.15, 0.2) is 42.0 Å². The van der Waals surface area contributed by atoms with E-state index < -0.39 is 0 Å². The predicted octanol–water partition coefficient (Wildman–Crippen LogP) is 3.58. The van der Waals surface area contributed by atoms with Crippen LogP contribution in [0.25, 0.3) is 11.3 Å². The lowest BCUT2D eigenvalue weighted by Gasteiger charge is -2.26. The van der Waals surface area contributed by atoms with Gasteiger partial charge in [0.1, 0.15) is 11.9 Å².